The average Bonchev–Trinajstić information content (AvgIpc) is 3.25. The molecule has 0 spiro atoms. The van der Waals surface area contributed by atoms with Gasteiger partial charge in [0.25, 0.3) is 11.4 Å². The van der Waals surface area contributed by atoms with E-state index in [1.165, 1.54) is 12.8 Å². The van der Waals surface area contributed by atoms with E-state index in [2.05, 4.69) is 20.4 Å². The lowest BCUT2D eigenvalue weighted by atomic mass is 10.0. The van der Waals surface area contributed by atoms with Gasteiger partial charge in [0.15, 0.2) is 0 Å². The minimum atomic E-state index is -0.257. The van der Waals surface area contributed by atoms with Crippen LogP contribution in [0.3, 0.4) is 0 Å². The first-order chi connectivity index (χ1) is 11.7. The third-order valence-electron chi connectivity index (χ3n) is 4.81. The molecule has 2 aliphatic rings. The fourth-order valence-corrected chi connectivity index (χ4v) is 3.48. The molecule has 0 radical (unpaired) electrons. The summed E-state index contributed by atoms with van der Waals surface area (Å²) in [4.78, 5) is 19.7. The summed E-state index contributed by atoms with van der Waals surface area (Å²) in [5, 5.41) is 7.28. The van der Waals surface area contributed by atoms with Crippen molar-refractivity contribution in [2.24, 2.45) is 0 Å². The Morgan fingerprint density at radius 1 is 1.38 bits per heavy atom. The standard InChI is InChI=1S/C17H22N4O3/c1-10(23-12-4-2-3-5-12)17-20-15(21-24-17)13-8-11-9-18-7-6-14(11)19-16(13)22/h8,10,12,18H,2-7,9H2,1H3,(H,19,22). The van der Waals surface area contributed by atoms with Crippen molar-refractivity contribution in [1.29, 1.82) is 0 Å². The molecule has 4 rings (SSSR count). The summed E-state index contributed by atoms with van der Waals surface area (Å²) in [7, 11) is 0. The first-order valence-electron chi connectivity index (χ1n) is 8.66. The molecule has 1 unspecified atom stereocenters. The van der Waals surface area contributed by atoms with Crippen LogP contribution in [-0.4, -0.2) is 27.8 Å². The zero-order chi connectivity index (χ0) is 16.5. The lowest BCUT2D eigenvalue weighted by Gasteiger charge is -2.16. The van der Waals surface area contributed by atoms with Gasteiger partial charge in [-0.1, -0.05) is 18.0 Å². The molecule has 1 saturated carbocycles. The summed E-state index contributed by atoms with van der Waals surface area (Å²) in [6.45, 7) is 3.53. The Morgan fingerprint density at radius 3 is 3.04 bits per heavy atom. The number of ether oxygens (including phenoxy) is 1. The number of rotatable bonds is 4. The number of aromatic nitrogens is 3. The van der Waals surface area contributed by atoms with E-state index in [0.717, 1.165) is 43.6 Å². The highest BCUT2D eigenvalue weighted by Crippen LogP contribution is 2.27. The second-order valence-electron chi connectivity index (χ2n) is 6.58. The van der Waals surface area contributed by atoms with Crippen molar-refractivity contribution in [1.82, 2.24) is 20.4 Å². The van der Waals surface area contributed by atoms with Gasteiger partial charge in [-0.25, -0.2) is 0 Å². The van der Waals surface area contributed by atoms with E-state index < -0.39 is 0 Å². The van der Waals surface area contributed by atoms with E-state index in [1.54, 1.807) is 0 Å². The molecule has 0 bridgehead atoms. The van der Waals surface area contributed by atoms with E-state index in [0.29, 0.717) is 17.3 Å². The van der Waals surface area contributed by atoms with Crippen LogP contribution in [0, 0.1) is 0 Å². The number of hydrogen-bond donors (Lipinski definition) is 2. The van der Waals surface area contributed by atoms with Crippen LogP contribution in [0.1, 0.15) is 55.9 Å². The van der Waals surface area contributed by atoms with Crippen molar-refractivity contribution in [2.45, 2.75) is 57.8 Å². The van der Waals surface area contributed by atoms with Crippen LogP contribution < -0.4 is 10.9 Å². The first kappa shape index (κ1) is 15.5. The summed E-state index contributed by atoms with van der Waals surface area (Å²) < 4.78 is 11.3. The maximum atomic E-state index is 12.3. The number of nitrogens with one attached hydrogen (secondary N) is 2. The van der Waals surface area contributed by atoms with Crippen LogP contribution in [0.2, 0.25) is 0 Å². The fraction of sp³-hybridized carbons (Fsp3) is 0.588. The molecule has 1 aliphatic carbocycles. The predicted molar refractivity (Wildman–Crippen MR) is 87.5 cm³/mol. The van der Waals surface area contributed by atoms with Gasteiger partial charge in [0.2, 0.25) is 5.82 Å². The van der Waals surface area contributed by atoms with Crippen LogP contribution >= 0.6 is 0 Å². The van der Waals surface area contributed by atoms with Gasteiger partial charge in [-0.2, -0.15) is 4.98 Å². The van der Waals surface area contributed by atoms with Crippen molar-refractivity contribution >= 4 is 0 Å². The summed E-state index contributed by atoms with van der Waals surface area (Å²) in [6.07, 6.45) is 5.44. The largest absolute Gasteiger partial charge is 0.365 e. The van der Waals surface area contributed by atoms with Crippen LogP contribution in [-0.2, 0) is 17.7 Å². The van der Waals surface area contributed by atoms with E-state index in [-0.39, 0.29) is 17.8 Å². The SMILES string of the molecule is CC(OC1CCCC1)c1nc(-c2cc3c([nH]c2=O)CCNC3)no1. The number of pyridine rings is 1. The maximum Gasteiger partial charge on any atom is 0.259 e. The Balaban J connectivity index is 1.57. The normalized spacial score (nSPS) is 19.4. The van der Waals surface area contributed by atoms with Gasteiger partial charge in [-0.05, 0) is 31.4 Å². The molecule has 0 saturated heterocycles. The molecule has 3 heterocycles. The summed E-state index contributed by atoms with van der Waals surface area (Å²) in [5.41, 5.74) is 2.34. The van der Waals surface area contributed by atoms with Crippen molar-refractivity contribution in [3.8, 4) is 11.4 Å². The molecule has 1 fully saturated rings. The minimum Gasteiger partial charge on any atom is -0.365 e. The van der Waals surface area contributed by atoms with Crippen molar-refractivity contribution < 1.29 is 9.26 Å². The minimum absolute atomic E-state index is 0.174. The van der Waals surface area contributed by atoms with Crippen LogP contribution in [0.5, 0.6) is 0 Å². The van der Waals surface area contributed by atoms with Crippen molar-refractivity contribution in [2.75, 3.05) is 6.54 Å². The molecule has 1 aliphatic heterocycles. The van der Waals surface area contributed by atoms with Gasteiger partial charge >= 0.3 is 0 Å². The molecule has 0 aromatic carbocycles. The molecule has 2 N–H and O–H groups in total. The third-order valence-corrected chi connectivity index (χ3v) is 4.81. The summed E-state index contributed by atoms with van der Waals surface area (Å²) in [6, 6.07) is 1.86. The second-order valence-corrected chi connectivity index (χ2v) is 6.58. The molecule has 128 valence electrons. The molecular formula is C17H22N4O3. The zero-order valence-electron chi connectivity index (χ0n) is 13.8. The van der Waals surface area contributed by atoms with Crippen LogP contribution in [0.4, 0.5) is 0 Å². The van der Waals surface area contributed by atoms with Gasteiger partial charge in [0.05, 0.1) is 11.7 Å². The average molecular weight is 330 g/mol. The fourth-order valence-electron chi connectivity index (χ4n) is 3.48. The number of nitrogens with zero attached hydrogens (tertiary/aromatic N) is 2. The highest BCUT2D eigenvalue weighted by atomic mass is 16.5. The molecule has 2 aromatic heterocycles. The van der Waals surface area contributed by atoms with Crippen LogP contribution in [0.25, 0.3) is 11.4 Å². The lowest BCUT2D eigenvalue weighted by Crippen LogP contribution is -2.27. The molecule has 0 amide bonds. The number of aromatic amines is 1. The number of hydrogen-bond acceptors (Lipinski definition) is 6. The third kappa shape index (κ3) is 3.01. The Labute approximate surface area is 139 Å². The van der Waals surface area contributed by atoms with Gasteiger partial charge in [-0.3, -0.25) is 4.79 Å². The summed E-state index contributed by atoms with van der Waals surface area (Å²) in [5.74, 6) is 0.744. The predicted octanol–water partition coefficient (Wildman–Crippen LogP) is 2.09. The molecule has 1 atom stereocenters. The Bertz CT molecular complexity index is 776. The van der Waals surface area contributed by atoms with Gasteiger partial charge in [0.1, 0.15) is 6.10 Å². The van der Waals surface area contributed by atoms with E-state index in [1.807, 2.05) is 13.0 Å². The topological polar surface area (TPSA) is 93.0 Å². The Morgan fingerprint density at radius 2 is 2.21 bits per heavy atom. The van der Waals surface area contributed by atoms with Gasteiger partial charge < -0.3 is 19.6 Å². The monoisotopic (exact) mass is 330 g/mol. The Kier molecular flexibility index (Phi) is 4.20. The highest BCUT2D eigenvalue weighted by molar-refractivity contribution is 5.54. The zero-order valence-corrected chi connectivity index (χ0v) is 13.8. The van der Waals surface area contributed by atoms with Crippen LogP contribution in [0.15, 0.2) is 15.4 Å². The van der Waals surface area contributed by atoms with E-state index in [9.17, 15) is 4.79 Å². The Hall–Kier alpha value is -1.99. The van der Waals surface area contributed by atoms with Gasteiger partial charge in [-0.15, -0.1) is 0 Å². The van der Waals surface area contributed by atoms with E-state index >= 15 is 0 Å². The molecule has 24 heavy (non-hydrogen) atoms. The van der Waals surface area contributed by atoms with Crippen molar-refractivity contribution in [3.05, 3.63) is 33.6 Å². The van der Waals surface area contributed by atoms with E-state index in [4.69, 9.17) is 9.26 Å². The maximum absolute atomic E-state index is 12.3. The molecule has 7 nitrogen and oxygen atoms in total. The highest BCUT2D eigenvalue weighted by Gasteiger charge is 2.24. The lowest BCUT2D eigenvalue weighted by molar-refractivity contribution is -0.0151. The number of fused-ring (bicyclic) bond motifs is 1. The molecule has 2 aromatic rings. The quantitative estimate of drug-likeness (QED) is 0.892. The summed E-state index contributed by atoms with van der Waals surface area (Å²) >= 11 is 0. The molecular weight excluding hydrogens is 308 g/mol. The first-order valence-corrected chi connectivity index (χ1v) is 8.66. The second kappa shape index (κ2) is 6.49. The number of H-pyrrole nitrogens is 1. The van der Waals surface area contributed by atoms with Gasteiger partial charge in [0, 0.05) is 25.2 Å². The van der Waals surface area contributed by atoms with Crippen molar-refractivity contribution in [3.63, 3.8) is 0 Å². The molecule has 7 heteroatoms. The smallest absolute Gasteiger partial charge is 0.259 e.